The summed E-state index contributed by atoms with van der Waals surface area (Å²) in [7, 11) is 4.06. The second-order valence-corrected chi connectivity index (χ2v) is 8.63. The highest BCUT2D eigenvalue weighted by molar-refractivity contribution is 5.46. The molecular weight excluding hydrogens is 401 g/mol. The van der Waals surface area contributed by atoms with Gasteiger partial charge in [0.1, 0.15) is 5.75 Å². The number of hydrogen-bond acceptors (Lipinski definition) is 3. The number of anilines is 1. The number of hydrogen-bond donors (Lipinski definition) is 0. The number of rotatable bonds is 8. The van der Waals surface area contributed by atoms with Gasteiger partial charge in [0, 0.05) is 32.2 Å². The molecule has 0 aromatic heterocycles. The molecule has 2 aromatic rings. The van der Waals surface area contributed by atoms with E-state index < -0.39 is 11.7 Å². The van der Waals surface area contributed by atoms with Gasteiger partial charge in [0.15, 0.2) is 0 Å². The highest BCUT2D eigenvalue weighted by Gasteiger charge is 2.32. The molecule has 31 heavy (non-hydrogen) atoms. The summed E-state index contributed by atoms with van der Waals surface area (Å²) >= 11 is 0. The van der Waals surface area contributed by atoms with Gasteiger partial charge in [-0.2, -0.15) is 13.2 Å². The minimum atomic E-state index is -4.33. The Kier molecular flexibility index (Phi) is 7.87. The molecule has 3 rings (SSSR count). The zero-order valence-corrected chi connectivity index (χ0v) is 18.7. The standard InChI is InChI=1S/C25H33F3N2O/c1-4-5-15-30-16-14-24(19-6-10-22(11-7-19)29(2)3)20(17-30)18-31-23-12-8-21(9-13-23)25(26,27)28/h6-13,20,24H,4-5,14-18H2,1-3H3/t20-,24-/m1/s1. The molecule has 3 nitrogen and oxygen atoms in total. The van der Waals surface area contributed by atoms with Gasteiger partial charge in [-0.3, -0.25) is 0 Å². The average molecular weight is 435 g/mol. The molecule has 0 bridgehead atoms. The van der Waals surface area contributed by atoms with E-state index in [1.165, 1.54) is 36.2 Å². The lowest BCUT2D eigenvalue weighted by Crippen LogP contribution is -2.42. The molecule has 1 aliphatic heterocycles. The van der Waals surface area contributed by atoms with E-state index in [9.17, 15) is 13.2 Å². The Morgan fingerprint density at radius 3 is 2.29 bits per heavy atom. The van der Waals surface area contributed by atoms with Crippen LogP contribution in [-0.4, -0.2) is 45.2 Å². The molecule has 0 radical (unpaired) electrons. The molecule has 0 N–H and O–H groups in total. The van der Waals surface area contributed by atoms with Gasteiger partial charge < -0.3 is 14.5 Å². The van der Waals surface area contributed by atoms with E-state index >= 15 is 0 Å². The van der Waals surface area contributed by atoms with Gasteiger partial charge in [0.25, 0.3) is 0 Å². The molecular formula is C25H33F3N2O. The summed E-state index contributed by atoms with van der Waals surface area (Å²) in [6, 6.07) is 13.7. The Bertz CT molecular complexity index is 803. The van der Waals surface area contributed by atoms with Crippen LogP contribution < -0.4 is 9.64 Å². The van der Waals surface area contributed by atoms with E-state index in [4.69, 9.17) is 4.74 Å². The maximum Gasteiger partial charge on any atom is 0.416 e. The van der Waals surface area contributed by atoms with E-state index in [1.54, 1.807) is 0 Å². The van der Waals surface area contributed by atoms with Crippen LogP contribution in [0.1, 0.15) is 43.2 Å². The van der Waals surface area contributed by atoms with Crippen molar-refractivity contribution in [2.45, 2.75) is 38.3 Å². The predicted octanol–water partition coefficient (Wildman–Crippen LogP) is 6.06. The highest BCUT2D eigenvalue weighted by Crippen LogP contribution is 2.35. The number of piperidine rings is 1. The Labute approximate surface area is 183 Å². The van der Waals surface area contributed by atoms with Crippen molar-refractivity contribution >= 4 is 5.69 Å². The zero-order chi connectivity index (χ0) is 22.4. The van der Waals surface area contributed by atoms with Crippen molar-refractivity contribution in [1.29, 1.82) is 0 Å². The Morgan fingerprint density at radius 2 is 1.71 bits per heavy atom. The topological polar surface area (TPSA) is 15.7 Å². The second kappa shape index (κ2) is 10.4. The fraction of sp³-hybridized carbons (Fsp3) is 0.520. The first-order valence-electron chi connectivity index (χ1n) is 11.1. The summed E-state index contributed by atoms with van der Waals surface area (Å²) in [5.74, 6) is 1.15. The van der Waals surface area contributed by atoms with Gasteiger partial charge in [-0.25, -0.2) is 0 Å². The van der Waals surface area contributed by atoms with Crippen molar-refractivity contribution in [1.82, 2.24) is 4.90 Å². The molecule has 0 amide bonds. The molecule has 0 unspecified atom stereocenters. The van der Waals surface area contributed by atoms with Gasteiger partial charge >= 0.3 is 6.18 Å². The van der Waals surface area contributed by atoms with Crippen molar-refractivity contribution < 1.29 is 17.9 Å². The molecule has 0 saturated carbocycles. The Hall–Kier alpha value is -2.21. The average Bonchev–Trinajstić information content (AvgIpc) is 2.76. The van der Waals surface area contributed by atoms with E-state index in [0.717, 1.165) is 38.2 Å². The normalized spacial score (nSPS) is 19.9. The lowest BCUT2D eigenvalue weighted by molar-refractivity contribution is -0.137. The summed E-state index contributed by atoms with van der Waals surface area (Å²) in [6.07, 6.45) is -0.926. The maximum absolute atomic E-state index is 12.8. The minimum Gasteiger partial charge on any atom is -0.493 e. The molecule has 0 spiro atoms. The quantitative estimate of drug-likeness (QED) is 0.503. The Morgan fingerprint density at radius 1 is 1.03 bits per heavy atom. The van der Waals surface area contributed by atoms with Crippen LogP contribution in [0.25, 0.3) is 0 Å². The third-order valence-corrected chi connectivity index (χ3v) is 6.13. The van der Waals surface area contributed by atoms with E-state index in [-0.39, 0.29) is 5.92 Å². The van der Waals surface area contributed by atoms with Crippen molar-refractivity contribution in [3.8, 4) is 5.75 Å². The van der Waals surface area contributed by atoms with Crippen LogP contribution >= 0.6 is 0 Å². The van der Waals surface area contributed by atoms with E-state index in [2.05, 4.69) is 41.0 Å². The Balaban J connectivity index is 1.71. The lowest BCUT2D eigenvalue weighted by Gasteiger charge is -2.39. The molecule has 170 valence electrons. The maximum atomic E-state index is 12.8. The fourth-order valence-corrected chi connectivity index (χ4v) is 4.26. The SMILES string of the molecule is CCCCN1CC[C@H](c2ccc(N(C)C)cc2)[C@@H](COc2ccc(C(F)(F)F)cc2)C1. The minimum absolute atomic E-state index is 0.290. The number of alkyl halides is 3. The third-order valence-electron chi connectivity index (χ3n) is 6.13. The lowest BCUT2D eigenvalue weighted by atomic mass is 9.80. The summed E-state index contributed by atoms with van der Waals surface area (Å²) in [5.41, 5.74) is 1.82. The first-order chi connectivity index (χ1) is 14.8. The summed E-state index contributed by atoms with van der Waals surface area (Å²) < 4.78 is 44.4. The first kappa shape index (κ1) is 23.5. The van der Waals surface area contributed by atoms with Crippen LogP contribution in [0.3, 0.4) is 0 Å². The van der Waals surface area contributed by atoms with E-state index in [0.29, 0.717) is 18.3 Å². The van der Waals surface area contributed by atoms with Crippen molar-refractivity contribution in [2.75, 3.05) is 45.2 Å². The van der Waals surface area contributed by atoms with Crippen molar-refractivity contribution in [3.05, 3.63) is 59.7 Å². The fourth-order valence-electron chi connectivity index (χ4n) is 4.26. The van der Waals surface area contributed by atoms with Gasteiger partial charge in [0.2, 0.25) is 0 Å². The second-order valence-electron chi connectivity index (χ2n) is 8.63. The largest absolute Gasteiger partial charge is 0.493 e. The molecule has 1 fully saturated rings. The molecule has 1 heterocycles. The highest BCUT2D eigenvalue weighted by atomic mass is 19.4. The molecule has 6 heteroatoms. The number of unbranched alkanes of at least 4 members (excludes halogenated alkanes) is 1. The van der Waals surface area contributed by atoms with Crippen molar-refractivity contribution in [3.63, 3.8) is 0 Å². The van der Waals surface area contributed by atoms with Crippen LogP contribution in [0.15, 0.2) is 48.5 Å². The summed E-state index contributed by atoms with van der Waals surface area (Å²) in [5, 5.41) is 0. The summed E-state index contributed by atoms with van der Waals surface area (Å²) in [6.45, 7) is 5.79. The summed E-state index contributed by atoms with van der Waals surface area (Å²) in [4.78, 5) is 4.58. The predicted molar refractivity (Wildman–Crippen MR) is 120 cm³/mol. The molecule has 1 saturated heterocycles. The van der Waals surface area contributed by atoms with Gasteiger partial charge in [0.05, 0.1) is 12.2 Å². The first-order valence-corrected chi connectivity index (χ1v) is 11.1. The van der Waals surface area contributed by atoms with E-state index in [1.807, 2.05) is 14.1 Å². The number of halogens is 3. The zero-order valence-electron chi connectivity index (χ0n) is 18.7. The third kappa shape index (κ3) is 6.39. The van der Waals surface area contributed by atoms with Crippen LogP contribution in [-0.2, 0) is 6.18 Å². The van der Waals surface area contributed by atoms with Gasteiger partial charge in [-0.15, -0.1) is 0 Å². The van der Waals surface area contributed by atoms with Crippen LogP contribution in [0.2, 0.25) is 0 Å². The number of likely N-dealkylation sites (tertiary alicyclic amines) is 1. The molecule has 2 atom stereocenters. The van der Waals surface area contributed by atoms with Crippen LogP contribution in [0.4, 0.5) is 18.9 Å². The number of ether oxygens (including phenoxy) is 1. The number of benzene rings is 2. The van der Waals surface area contributed by atoms with Crippen molar-refractivity contribution in [2.24, 2.45) is 5.92 Å². The van der Waals surface area contributed by atoms with Crippen LogP contribution in [0.5, 0.6) is 5.75 Å². The molecule has 2 aromatic carbocycles. The van der Waals surface area contributed by atoms with Gasteiger partial charge in [-0.1, -0.05) is 25.5 Å². The van der Waals surface area contributed by atoms with Crippen LogP contribution in [0, 0.1) is 5.92 Å². The monoisotopic (exact) mass is 434 g/mol. The number of nitrogens with zero attached hydrogens (tertiary/aromatic N) is 2. The molecule has 0 aliphatic carbocycles. The van der Waals surface area contributed by atoms with Gasteiger partial charge in [-0.05, 0) is 73.8 Å². The molecule has 1 aliphatic rings. The smallest absolute Gasteiger partial charge is 0.416 e.